The molecule has 0 atom stereocenters. The van der Waals surface area contributed by atoms with Crippen molar-refractivity contribution < 1.29 is 56.6 Å². The van der Waals surface area contributed by atoms with Crippen LogP contribution < -0.4 is 0 Å². The summed E-state index contributed by atoms with van der Waals surface area (Å²) in [4.78, 5) is 10.6. The maximum atomic E-state index is 10.6. The van der Waals surface area contributed by atoms with Crippen LogP contribution in [0, 0.1) is 0 Å². The first-order chi connectivity index (χ1) is 10.3. The topological polar surface area (TPSA) is 17.1 Å². The summed E-state index contributed by atoms with van der Waals surface area (Å²) in [6.45, 7) is 1.56. The van der Waals surface area contributed by atoms with Gasteiger partial charge in [0.1, 0.15) is 0 Å². The van der Waals surface area contributed by atoms with E-state index in [1.54, 1.807) is 6.92 Å². The summed E-state index contributed by atoms with van der Waals surface area (Å²) in [5.74, 6) is 0.121. The van der Waals surface area contributed by atoms with Gasteiger partial charge in [-0.2, -0.15) is 0 Å². The number of ketones is 1. The summed E-state index contributed by atoms with van der Waals surface area (Å²) in [6, 6.07) is 9.23. The molecule has 0 unspecified atom stereocenters. The molecular formula is C8H9B3F12KO-3. The second-order valence-corrected chi connectivity index (χ2v) is 3.41. The van der Waals surface area contributed by atoms with E-state index in [2.05, 4.69) is 0 Å². The van der Waals surface area contributed by atoms with E-state index >= 15 is 0 Å². The molecule has 0 heterocycles. The average Bonchev–Trinajstić information content (AvgIpc) is 2.23. The molecule has 0 aliphatic carbocycles. The summed E-state index contributed by atoms with van der Waals surface area (Å²) in [5, 5.41) is 0. The Morgan fingerprint density at radius 3 is 0.960 bits per heavy atom. The molecule has 0 N–H and O–H groups in total. The van der Waals surface area contributed by atoms with Crippen LogP contribution in [0.5, 0.6) is 0 Å². The molecule has 1 nitrogen and oxygen atoms in total. The van der Waals surface area contributed by atoms with Crippen molar-refractivity contribution in [3.8, 4) is 0 Å². The first kappa shape index (κ1) is 32.5. The quantitative estimate of drug-likeness (QED) is 0.349. The molecule has 144 valence electrons. The number of halogens is 12. The van der Waals surface area contributed by atoms with Crippen molar-refractivity contribution in [2.45, 2.75) is 6.92 Å². The SMILES string of the molecule is CC(=O)c1ccccc1.F[B-](F)(F)F.F[B-](F)(F)F.F[B-](F)(F)F.[KH]. The van der Waals surface area contributed by atoms with Gasteiger partial charge in [-0.25, -0.2) is 0 Å². The summed E-state index contributed by atoms with van der Waals surface area (Å²) >= 11 is 0. The molecule has 1 aromatic carbocycles. The third-order valence-electron chi connectivity index (χ3n) is 1.18. The van der Waals surface area contributed by atoms with Crippen LogP contribution >= 0.6 is 0 Å². The number of rotatable bonds is 1. The third kappa shape index (κ3) is 81.0. The van der Waals surface area contributed by atoms with Crippen LogP contribution in [0.3, 0.4) is 0 Å². The van der Waals surface area contributed by atoms with Crippen molar-refractivity contribution in [1.29, 1.82) is 0 Å². The molecule has 0 fully saturated rings. The second kappa shape index (κ2) is 15.0. The summed E-state index contributed by atoms with van der Waals surface area (Å²) < 4.78 is 117. The first-order valence-electron chi connectivity index (χ1n) is 5.48. The molecule has 0 aliphatic heterocycles. The minimum atomic E-state index is -6.00. The van der Waals surface area contributed by atoms with Gasteiger partial charge in [-0.05, 0) is 6.92 Å². The fourth-order valence-electron chi connectivity index (χ4n) is 0.673. The molecule has 0 saturated heterocycles. The zero-order valence-electron chi connectivity index (χ0n) is 11.6. The van der Waals surface area contributed by atoms with E-state index in [4.69, 9.17) is 0 Å². The summed E-state index contributed by atoms with van der Waals surface area (Å²) in [5.41, 5.74) is 0.775. The second-order valence-electron chi connectivity index (χ2n) is 3.41. The Morgan fingerprint density at radius 2 is 0.840 bits per heavy atom. The van der Waals surface area contributed by atoms with Crippen molar-refractivity contribution >= 4 is 78.9 Å². The Labute approximate surface area is 177 Å². The third-order valence-corrected chi connectivity index (χ3v) is 1.18. The number of hydrogen-bond donors (Lipinski definition) is 0. The first-order valence-corrected chi connectivity index (χ1v) is 5.48. The van der Waals surface area contributed by atoms with Gasteiger partial charge in [0, 0.05) is 5.56 Å². The van der Waals surface area contributed by atoms with Gasteiger partial charge < -0.3 is 51.8 Å². The zero-order valence-corrected chi connectivity index (χ0v) is 11.6. The van der Waals surface area contributed by atoms with Crippen molar-refractivity contribution in [3.05, 3.63) is 35.9 Å². The van der Waals surface area contributed by atoms with Crippen molar-refractivity contribution in [2.75, 3.05) is 0 Å². The number of benzene rings is 1. The average molecular weight is 421 g/mol. The Morgan fingerprint density at radius 1 is 0.640 bits per heavy atom. The molecule has 1 rings (SSSR count). The van der Waals surface area contributed by atoms with Gasteiger partial charge >= 0.3 is 73.1 Å². The fourth-order valence-corrected chi connectivity index (χ4v) is 0.673. The fraction of sp³-hybridized carbons (Fsp3) is 0.125. The molecule has 17 heteroatoms. The van der Waals surface area contributed by atoms with Crippen LogP contribution in [-0.4, -0.2) is 78.9 Å². The van der Waals surface area contributed by atoms with Crippen molar-refractivity contribution in [1.82, 2.24) is 0 Å². The standard InChI is InChI=1S/C8H8O.3BF4.K.H/c1-7(9)8-5-3-2-4-6-8;3*2-1(3,4)5;;/h2-6H,1H3;;;;;/q;3*-1;;. The predicted molar refractivity (Wildman–Crippen MR) is 74.2 cm³/mol. The van der Waals surface area contributed by atoms with Gasteiger partial charge in [-0.1, -0.05) is 30.3 Å². The Balaban J connectivity index is -0.000000122. The summed E-state index contributed by atoms with van der Waals surface area (Å²) in [6.07, 6.45) is 0. The molecule has 0 saturated carbocycles. The minimum absolute atomic E-state index is 0. The number of carbonyl (C=O) groups excluding carboxylic acids is 1. The van der Waals surface area contributed by atoms with Crippen LogP contribution in [0.2, 0.25) is 0 Å². The molecule has 25 heavy (non-hydrogen) atoms. The van der Waals surface area contributed by atoms with Crippen molar-refractivity contribution in [2.24, 2.45) is 0 Å². The number of carbonyl (C=O) groups is 1. The van der Waals surface area contributed by atoms with E-state index in [-0.39, 0.29) is 57.2 Å². The predicted octanol–water partition coefficient (Wildman–Crippen LogP) is 5.14. The van der Waals surface area contributed by atoms with Crippen LogP contribution in [0.25, 0.3) is 0 Å². The monoisotopic (exact) mass is 421 g/mol. The molecular weight excluding hydrogens is 412 g/mol. The van der Waals surface area contributed by atoms with Crippen LogP contribution in [0.15, 0.2) is 30.3 Å². The van der Waals surface area contributed by atoms with Gasteiger partial charge in [-0.3, -0.25) is 4.79 Å². The van der Waals surface area contributed by atoms with E-state index in [9.17, 15) is 56.6 Å². The van der Waals surface area contributed by atoms with E-state index < -0.39 is 21.8 Å². The molecule has 0 aliphatic rings. The van der Waals surface area contributed by atoms with Gasteiger partial charge in [0.25, 0.3) is 0 Å². The van der Waals surface area contributed by atoms with Crippen LogP contribution in [0.4, 0.5) is 51.8 Å². The molecule has 0 aromatic heterocycles. The Hall–Kier alpha value is -0.119. The molecule has 0 radical (unpaired) electrons. The molecule has 0 amide bonds. The molecule has 0 spiro atoms. The maximum absolute atomic E-state index is 10.6. The summed E-state index contributed by atoms with van der Waals surface area (Å²) in [7, 11) is -18.0. The number of Topliss-reactive ketones (excluding diaryl/α,β-unsaturated/α-hetero) is 1. The molecule has 0 bridgehead atoms. The van der Waals surface area contributed by atoms with Gasteiger partial charge in [0.05, 0.1) is 0 Å². The molecule has 1 aromatic rings. The van der Waals surface area contributed by atoms with Gasteiger partial charge in [-0.15, -0.1) is 0 Å². The number of hydrogen-bond acceptors (Lipinski definition) is 1. The zero-order chi connectivity index (χ0) is 20.2. The van der Waals surface area contributed by atoms with Crippen LogP contribution in [-0.2, 0) is 0 Å². The van der Waals surface area contributed by atoms with Crippen molar-refractivity contribution in [3.63, 3.8) is 0 Å². The Bertz CT molecular complexity index is 400. The van der Waals surface area contributed by atoms with E-state index in [0.717, 1.165) is 5.56 Å². The van der Waals surface area contributed by atoms with E-state index in [1.807, 2.05) is 30.3 Å². The Kier molecular flexibility index (Phi) is 19.5. The van der Waals surface area contributed by atoms with Gasteiger partial charge in [0.2, 0.25) is 0 Å². The normalized spacial score (nSPS) is 10.4. The van der Waals surface area contributed by atoms with E-state index in [1.165, 1.54) is 0 Å². The van der Waals surface area contributed by atoms with Gasteiger partial charge in [0.15, 0.2) is 5.78 Å². The van der Waals surface area contributed by atoms with E-state index in [0.29, 0.717) is 0 Å². The van der Waals surface area contributed by atoms with Crippen LogP contribution in [0.1, 0.15) is 17.3 Å².